The lowest BCUT2D eigenvalue weighted by Crippen LogP contribution is -2.31. The van der Waals surface area contributed by atoms with E-state index in [-0.39, 0.29) is 22.4 Å². The number of ether oxygens (including phenoxy) is 2. The van der Waals surface area contributed by atoms with Gasteiger partial charge in [-0.3, -0.25) is 9.69 Å². The monoisotopic (exact) mass is 415 g/mol. The Labute approximate surface area is 166 Å². The van der Waals surface area contributed by atoms with Crippen molar-refractivity contribution >= 4 is 57.9 Å². The van der Waals surface area contributed by atoms with Gasteiger partial charge in [-0.25, -0.2) is 4.79 Å². The van der Waals surface area contributed by atoms with Crippen LogP contribution >= 0.6 is 35.6 Å². The molecule has 0 radical (unpaired) electrons. The highest BCUT2D eigenvalue weighted by atomic mass is 35.5. The van der Waals surface area contributed by atoms with Gasteiger partial charge in [0.15, 0.2) is 18.1 Å². The van der Waals surface area contributed by atoms with E-state index in [4.69, 9.17) is 38.4 Å². The van der Waals surface area contributed by atoms with Crippen molar-refractivity contribution in [2.45, 2.75) is 13.8 Å². The topological polar surface area (TPSA) is 76.1 Å². The van der Waals surface area contributed by atoms with Crippen molar-refractivity contribution in [1.29, 1.82) is 0 Å². The van der Waals surface area contributed by atoms with Gasteiger partial charge in [0.25, 0.3) is 5.91 Å². The largest absolute Gasteiger partial charge is 0.493 e. The molecule has 0 aromatic heterocycles. The van der Waals surface area contributed by atoms with E-state index in [1.807, 2.05) is 13.8 Å². The average Bonchev–Trinajstić information content (AvgIpc) is 2.80. The molecule has 0 atom stereocenters. The van der Waals surface area contributed by atoms with Crippen LogP contribution in [0.3, 0.4) is 0 Å². The Morgan fingerprint density at radius 1 is 1.46 bits per heavy atom. The number of thioether (sulfide) groups is 1. The molecular formula is C17H18ClNO5S2. The maximum Gasteiger partial charge on any atom is 0.341 e. The maximum absolute atomic E-state index is 12.5. The van der Waals surface area contributed by atoms with Gasteiger partial charge in [0.2, 0.25) is 0 Å². The van der Waals surface area contributed by atoms with Crippen LogP contribution in [-0.4, -0.2) is 46.5 Å². The minimum absolute atomic E-state index is 0.140. The van der Waals surface area contributed by atoms with Crippen molar-refractivity contribution in [2.24, 2.45) is 5.92 Å². The molecule has 1 heterocycles. The second kappa shape index (κ2) is 8.75. The van der Waals surface area contributed by atoms with Crippen molar-refractivity contribution in [1.82, 2.24) is 4.90 Å². The first-order valence-electron chi connectivity index (χ1n) is 7.70. The molecule has 0 bridgehead atoms. The van der Waals surface area contributed by atoms with Gasteiger partial charge in [-0.15, -0.1) is 0 Å². The zero-order valence-electron chi connectivity index (χ0n) is 14.4. The molecule has 0 aliphatic carbocycles. The lowest BCUT2D eigenvalue weighted by molar-refractivity contribution is -0.139. The van der Waals surface area contributed by atoms with Gasteiger partial charge in [-0.2, -0.15) is 0 Å². The Hall–Kier alpha value is -1.77. The molecule has 1 aromatic carbocycles. The SMILES string of the molecule is COc1cc(/C=C2\SC(=S)N(CC(C)C)C2=O)cc(Cl)c1OCC(=O)O. The minimum atomic E-state index is -1.12. The first-order valence-corrected chi connectivity index (χ1v) is 9.30. The fourth-order valence-corrected chi connectivity index (χ4v) is 3.82. The summed E-state index contributed by atoms with van der Waals surface area (Å²) in [5.41, 5.74) is 0.625. The number of halogens is 1. The number of hydrogen-bond donors (Lipinski definition) is 1. The number of carboxylic acids is 1. The third kappa shape index (κ3) is 4.90. The zero-order valence-corrected chi connectivity index (χ0v) is 16.8. The summed E-state index contributed by atoms with van der Waals surface area (Å²) in [5, 5.41) is 8.93. The Kier molecular flexibility index (Phi) is 6.91. The van der Waals surface area contributed by atoms with E-state index in [1.165, 1.54) is 18.9 Å². The Balaban J connectivity index is 2.30. The number of hydrogen-bond acceptors (Lipinski definition) is 6. The number of benzene rings is 1. The number of carbonyl (C=O) groups is 2. The Bertz CT molecular complexity index is 779. The molecule has 1 aliphatic rings. The van der Waals surface area contributed by atoms with Gasteiger partial charge in [0, 0.05) is 6.54 Å². The van der Waals surface area contributed by atoms with Crippen molar-refractivity contribution in [3.8, 4) is 11.5 Å². The van der Waals surface area contributed by atoms with Gasteiger partial charge < -0.3 is 14.6 Å². The summed E-state index contributed by atoms with van der Waals surface area (Å²) in [6.45, 7) is 4.06. The lowest BCUT2D eigenvalue weighted by atomic mass is 10.1. The van der Waals surface area contributed by atoms with Crippen LogP contribution in [0.4, 0.5) is 0 Å². The molecule has 26 heavy (non-hydrogen) atoms. The van der Waals surface area contributed by atoms with E-state index < -0.39 is 12.6 Å². The lowest BCUT2D eigenvalue weighted by Gasteiger charge is -2.16. The highest BCUT2D eigenvalue weighted by molar-refractivity contribution is 8.26. The van der Waals surface area contributed by atoms with Gasteiger partial charge in [-0.1, -0.05) is 49.4 Å². The number of carbonyl (C=O) groups excluding carboxylic acids is 1. The van der Waals surface area contributed by atoms with Gasteiger partial charge >= 0.3 is 5.97 Å². The zero-order chi connectivity index (χ0) is 19.4. The summed E-state index contributed by atoms with van der Waals surface area (Å²) < 4.78 is 10.9. The standard InChI is InChI=1S/C17H18ClNO5S2/c1-9(2)7-19-16(22)13(26-17(19)25)6-10-4-11(18)15(12(5-10)23-3)24-8-14(20)21/h4-6,9H,7-8H2,1-3H3,(H,20,21)/b13-6-. The predicted molar refractivity (Wildman–Crippen MR) is 106 cm³/mol. The minimum Gasteiger partial charge on any atom is -0.493 e. The molecule has 1 N–H and O–H groups in total. The second-order valence-electron chi connectivity index (χ2n) is 5.90. The van der Waals surface area contributed by atoms with E-state index in [2.05, 4.69) is 0 Å². The number of amides is 1. The van der Waals surface area contributed by atoms with E-state index in [0.717, 1.165) is 0 Å². The maximum atomic E-state index is 12.5. The third-order valence-electron chi connectivity index (χ3n) is 3.31. The molecule has 0 unspecified atom stereocenters. The molecule has 0 saturated carbocycles. The van der Waals surface area contributed by atoms with E-state index >= 15 is 0 Å². The highest BCUT2D eigenvalue weighted by Crippen LogP contribution is 2.39. The van der Waals surface area contributed by atoms with Crippen LogP contribution in [0.25, 0.3) is 6.08 Å². The summed E-state index contributed by atoms with van der Waals surface area (Å²) in [5.74, 6) is -0.545. The summed E-state index contributed by atoms with van der Waals surface area (Å²) in [6.07, 6.45) is 1.68. The van der Waals surface area contributed by atoms with Crippen LogP contribution in [0.1, 0.15) is 19.4 Å². The van der Waals surface area contributed by atoms with Crippen molar-refractivity contribution in [3.63, 3.8) is 0 Å². The molecular weight excluding hydrogens is 398 g/mol. The quantitative estimate of drug-likeness (QED) is 0.537. The molecule has 0 spiro atoms. The molecule has 1 aromatic rings. The van der Waals surface area contributed by atoms with Gasteiger partial charge in [-0.05, 0) is 29.7 Å². The number of methoxy groups -OCH3 is 1. The fraction of sp³-hybridized carbons (Fsp3) is 0.353. The Morgan fingerprint density at radius 2 is 2.15 bits per heavy atom. The van der Waals surface area contributed by atoms with E-state index in [9.17, 15) is 9.59 Å². The first kappa shape index (κ1) is 20.5. The van der Waals surface area contributed by atoms with Gasteiger partial charge in [0.1, 0.15) is 4.32 Å². The van der Waals surface area contributed by atoms with Crippen LogP contribution in [0.15, 0.2) is 17.0 Å². The molecule has 1 saturated heterocycles. The summed E-state index contributed by atoms with van der Waals surface area (Å²) >= 11 is 12.7. The number of nitrogens with zero attached hydrogens (tertiary/aromatic N) is 1. The molecule has 1 fully saturated rings. The van der Waals surface area contributed by atoms with Crippen LogP contribution in [0.2, 0.25) is 5.02 Å². The smallest absolute Gasteiger partial charge is 0.341 e. The third-order valence-corrected chi connectivity index (χ3v) is 4.97. The van der Waals surface area contributed by atoms with Crippen molar-refractivity contribution in [2.75, 3.05) is 20.3 Å². The number of rotatable bonds is 7. The summed E-state index contributed by atoms with van der Waals surface area (Å²) in [6, 6.07) is 3.20. The van der Waals surface area contributed by atoms with E-state index in [0.29, 0.717) is 27.3 Å². The highest BCUT2D eigenvalue weighted by Gasteiger charge is 2.32. The number of aliphatic carboxylic acids is 1. The van der Waals surface area contributed by atoms with Crippen LogP contribution < -0.4 is 9.47 Å². The average molecular weight is 416 g/mol. The molecule has 6 nitrogen and oxygen atoms in total. The number of carboxylic acid groups (broad SMARTS) is 1. The van der Waals surface area contributed by atoms with Crippen LogP contribution in [0, 0.1) is 5.92 Å². The summed E-state index contributed by atoms with van der Waals surface area (Å²) in [7, 11) is 1.42. The molecule has 9 heteroatoms. The first-order chi connectivity index (χ1) is 12.2. The molecule has 1 amide bonds. The second-order valence-corrected chi connectivity index (χ2v) is 7.99. The van der Waals surface area contributed by atoms with Crippen molar-refractivity contribution in [3.05, 3.63) is 27.6 Å². The van der Waals surface area contributed by atoms with Crippen molar-refractivity contribution < 1.29 is 24.2 Å². The molecule has 140 valence electrons. The van der Waals surface area contributed by atoms with Gasteiger partial charge in [0.05, 0.1) is 17.0 Å². The number of thiocarbonyl (C=S) groups is 1. The molecule has 1 aliphatic heterocycles. The fourth-order valence-electron chi connectivity index (χ4n) is 2.27. The molecule has 2 rings (SSSR count). The van der Waals surface area contributed by atoms with E-state index in [1.54, 1.807) is 23.1 Å². The van der Waals surface area contributed by atoms with Crippen LogP contribution in [0.5, 0.6) is 11.5 Å². The summed E-state index contributed by atoms with van der Waals surface area (Å²) in [4.78, 5) is 25.3. The Morgan fingerprint density at radius 3 is 2.73 bits per heavy atom. The normalized spacial score (nSPS) is 15.9. The predicted octanol–water partition coefficient (Wildman–Crippen LogP) is 3.67. The van der Waals surface area contributed by atoms with Crippen LogP contribution in [-0.2, 0) is 9.59 Å².